The van der Waals surface area contributed by atoms with Crippen LogP contribution in [0.1, 0.15) is 41.0 Å². The monoisotopic (exact) mass is 515 g/mol. The maximum absolute atomic E-state index is 14.3. The van der Waals surface area contributed by atoms with E-state index in [-0.39, 0.29) is 54.7 Å². The molecular formula is C26H27F2N3O6. The molecule has 0 aliphatic carbocycles. The number of rotatable bonds is 8. The molecule has 11 heteroatoms. The first kappa shape index (κ1) is 26.1. The number of amides is 1. The Balaban J connectivity index is 1.80. The summed E-state index contributed by atoms with van der Waals surface area (Å²) in [5.41, 5.74) is -1.37. The zero-order chi connectivity index (χ0) is 26.7. The third kappa shape index (κ3) is 4.86. The SMILES string of the molecule is CCOCc1nc(O)c(C(=O)N2CCC(c3c(F)cccc3F)C2)c(=O)n1-c1c(OC)cccc1OC. The number of benzene rings is 2. The number of halogens is 2. The number of hydrogen-bond donors (Lipinski definition) is 1. The molecule has 9 nitrogen and oxygen atoms in total. The summed E-state index contributed by atoms with van der Waals surface area (Å²) < 4.78 is 46.1. The zero-order valence-electron chi connectivity index (χ0n) is 20.7. The second kappa shape index (κ2) is 11.0. The fourth-order valence-corrected chi connectivity index (χ4v) is 4.55. The van der Waals surface area contributed by atoms with Crippen molar-refractivity contribution < 1.29 is 32.9 Å². The highest BCUT2D eigenvalue weighted by Crippen LogP contribution is 2.34. The number of carbonyl (C=O) groups excluding carboxylic acids is 1. The van der Waals surface area contributed by atoms with Crippen LogP contribution < -0.4 is 15.0 Å². The van der Waals surface area contributed by atoms with Crippen LogP contribution in [0.4, 0.5) is 8.78 Å². The molecule has 37 heavy (non-hydrogen) atoms. The molecule has 1 aliphatic heterocycles. The van der Waals surface area contributed by atoms with E-state index in [2.05, 4.69) is 4.98 Å². The molecule has 1 atom stereocenters. The van der Waals surface area contributed by atoms with E-state index in [1.165, 1.54) is 25.2 Å². The molecule has 1 N–H and O–H groups in total. The van der Waals surface area contributed by atoms with E-state index < -0.39 is 40.5 Å². The first-order valence-electron chi connectivity index (χ1n) is 11.7. The normalized spacial score (nSPS) is 15.2. The van der Waals surface area contributed by atoms with Crippen molar-refractivity contribution in [1.82, 2.24) is 14.5 Å². The Kier molecular flexibility index (Phi) is 7.72. The standard InChI is InChI=1S/C26H27F2N3O6/c1-4-37-14-20-29-24(32)22(26(34)31(20)23-18(35-2)9-6-10-19(23)36-3)25(33)30-12-11-15(13-30)21-16(27)7-5-8-17(21)28/h5-10,15,32H,4,11-14H2,1-3H3. The maximum Gasteiger partial charge on any atom is 0.275 e. The molecule has 1 saturated heterocycles. The van der Waals surface area contributed by atoms with Crippen LogP contribution in [0.25, 0.3) is 5.69 Å². The molecule has 0 spiro atoms. The quantitative estimate of drug-likeness (QED) is 0.491. The van der Waals surface area contributed by atoms with Crippen molar-refractivity contribution in [3.05, 3.63) is 75.3 Å². The summed E-state index contributed by atoms with van der Waals surface area (Å²) in [6.07, 6.45) is 0.286. The molecule has 2 heterocycles. The molecule has 1 amide bonds. The average Bonchev–Trinajstić information content (AvgIpc) is 3.36. The third-order valence-electron chi connectivity index (χ3n) is 6.29. The van der Waals surface area contributed by atoms with Crippen LogP contribution in [0.3, 0.4) is 0 Å². The maximum atomic E-state index is 14.3. The van der Waals surface area contributed by atoms with Gasteiger partial charge < -0.3 is 24.2 Å². The fraction of sp³-hybridized carbons (Fsp3) is 0.346. The average molecular weight is 516 g/mol. The second-order valence-electron chi connectivity index (χ2n) is 8.39. The predicted molar refractivity (Wildman–Crippen MR) is 130 cm³/mol. The van der Waals surface area contributed by atoms with Crippen molar-refractivity contribution in [3.8, 4) is 23.1 Å². The van der Waals surface area contributed by atoms with E-state index in [1.54, 1.807) is 25.1 Å². The number of aromatic hydroxyl groups is 1. The van der Waals surface area contributed by atoms with Crippen LogP contribution in [-0.4, -0.2) is 59.4 Å². The van der Waals surface area contributed by atoms with E-state index in [0.717, 1.165) is 16.7 Å². The van der Waals surface area contributed by atoms with Gasteiger partial charge in [0, 0.05) is 31.2 Å². The molecule has 2 aromatic carbocycles. The van der Waals surface area contributed by atoms with Crippen LogP contribution in [0, 0.1) is 11.6 Å². The minimum Gasteiger partial charge on any atom is -0.494 e. The Hall–Kier alpha value is -3.99. The Bertz CT molecular complexity index is 1330. The van der Waals surface area contributed by atoms with Crippen molar-refractivity contribution in [2.75, 3.05) is 33.9 Å². The Morgan fingerprint density at radius 1 is 1.11 bits per heavy atom. The number of carbonyl (C=O) groups is 1. The van der Waals surface area contributed by atoms with E-state index in [9.17, 15) is 23.5 Å². The number of para-hydroxylation sites is 1. The molecule has 1 aromatic heterocycles. The van der Waals surface area contributed by atoms with Crippen LogP contribution in [0.2, 0.25) is 0 Å². The van der Waals surface area contributed by atoms with Crippen molar-refractivity contribution in [2.45, 2.75) is 25.9 Å². The first-order valence-corrected chi connectivity index (χ1v) is 11.7. The van der Waals surface area contributed by atoms with Crippen LogP contribution in [0.5, 0.6) is 17.4 Å². The Labute approximate surface area is 211 Å². The molecule has 1 fully saturated rings. The van der Waals surface area contributed by atoms with Gasteiger partial charge in [0.15, 0.2) is 5.56 Å². The minimum atomic E-state index is -0.865. The van der Waals surface area contributed by atoms with Gasteiger partial charge in [-0.1, -0.05) is 12.1 Å². The summed E-state index contributed by atoms with van der Waals surface area (Å²) in [4.78, 5) is 32.7. The van der Waals surface area contributed by atoms with Gasteiger partial charge in [-0.15, -0.1) is 0 Å². The number of methoxy groups -OCH3 is 2. The highest BCUT2D eigenvalue weighted by Gasteiger charge is 2.35. The van der Waals surface area contributed by atoms with E-state index in [4.69, 9.17) is 14.2 Å². The summed E-state index contributed by atoms with van der Waals surface area (Å²) in [7, 11) is 2.83. The molecule has 1 unspecified atom stereocenters. The van der Waals surface area contributed by atoms with Crippen molar-refractivity contribution in [3.63, 3.8) is 0 Å². The summed E-state index contributed by atoms with van der Waals surface area (Å²) >= 11 is 0. The largest absolute Gasteiger partial charge is 0.494 e. The van der Waals surface area contributed by atoms with Crippen LogP contribution in [0.15, 0.2) is 41.2 Å². The minimum absolute atomic E-state index is 0.0245. The number of hydrogen-bond acceptors (Lipinski definition) is 7. The van der Waals surface area contributed by atoms with Gasteiger partial charge in [0.2, 0.25) is 5.88 Å². The van der Waals surface area contributed by atoms with Crippen molar-refractivity contribution in [1.29, 1.82) is 0 Å². The summed E-state index contributed by atoms with van der Waals surface area (Å²) in [5.74, 6) is -3.02. The number of likely N-dealkylation sites (tertiary alicyclic amines) is 1. The topological polar surface area (TPSA) is 103 Å². The van der Waals surface area contributed by atoms with Crippen LogP contribution >= 0.6 is 0 Å². The van der Waals surface area contributed by atoms with Gasteiger partial charge in [-0.05, 0) is 37.6 Å². The zero-order valence-corrected chi connectivity index (χ0v) is 20.7. The van der Waals surface area contributed by atoms with Gasteiger partial charge in [-0.3, -0.25) is 14.2 Å². The van der Waals surface area contributed by atoms with Crippen LogP contribution in [-0.2, 0) is 11.3 Å². The number of aromatic nitrogens is 2. The molecular weight excluding hydrogens is 488 g/mol. The van der Waals surface area contributed by atoms with Gasteiger partial charge in [0.25, 0.3) is 11.5 Å². The van der Waals surface area contributed by atoms with Gasteiger partial charge in [-0.2, -0.15) is 4.98 Å². The molecule has 0 radical (unpaired) electrons. The fourth-order valence-electron chi connectivity index (χ4n) is 4.55. The van der Waals surface area contributed by atoms with Gasteiger partial charge in [0.1, 0.15) is 41.3 Å². The van der Waals surface area contributed by atoms with Gasteiger partial charge >= 0.3 is 0 Å². The number of ether oxygens (including phenoxy) is 3. The smallest absolute Gasteiger partial charge is 0.275 e. The summed E-state index contributed by atoms with van der Waals surface area (Å²) in [6, 6.07) is 8.48. The van der Waals surface area contributed by atoms with Crippen molar-refractivity contribution >= 4 is 5.91 Å². The summed E-state index contributed by atoms with van der Waals surface area (Å²) in [6.45, 7) is 2.02. The third-order valence-corrected chi connectivity index (χ3v) is 6.29. The van der Waals surface area contributed by atoms with E-state index in [1.807, 2.05) is 0 Å². The first-order chi connectivity index (χ1) is 17.8. The Morgan fingerprint density at radius 2 is 1.73 bits per heavy atom. The molecule has 1 aliphatic rings. The lowest BCUT2D eigenvalue weighted by molar-refractivity contribution is 0.0782. The van der Waals surface area contributed by atoms with E-state index >= 15 is 0 Å². The highest BCUT2D eigenvalue weighted by atomic mass is 19.1. The lowest BCUT2D eigenvalue weighted by Gasteiger charge is -2.21. The molecule has 4 rings (SSSR count). The lowest BCUT2D eigenvalue weighted by Crippen LogP contribution is -2.37. The molecule has 3 aromatic rings. The van der Waals surface area contributed by atoms with Gasteiger partial charge in [-0.25, -0.2) is 8.78 Å². The lowest BCUT2D eigenvalue weighted by atomic mass is 9.97. The molecule has 196 valence electrons. The molecule has 0 bridgehead atoms. The number of nitrogens with zero attached hydrogens (tertiary/aromatic N) is 3. The predicted octanol–water partition coefficient (Wildman–Crippen LogP) is 3.40. The highest BCUT2D eigenvalue weighted by molar-refractivity contribution is 5.96. The Morgan fingerprint density at radius 3 is 2.32 bits per heavy atom. The van der Waals surface area contributed by atoms with E-state index in [0.29, 0.717) is 6.61 Å². The molecule has 0 saturated carbocycles. The summed E-state index contributed by atoms with van der Waals surface area (Å²) in [5, 5.41) is 10.7. The van der Waals surface area contributed by atoms with Gasteiger partial charge in [0.05, 0.1) is 14.2 Å². The van der Waals surface area contributed by atoms with Crippen molar-refractivity contribution in [2.24, 2.45) is 0 Å². The second-order valence-corrected chi connectivity index (χ2v) is 8.39.